The molecular weight excluding hydrogens is 793 g/mol. The molecule has 65 heavy (non-hydrogen) atoms. The summed E-state index contributed by atoms with van der Waals surface area (Å²) in [4.78, 5) is 21.3. The standard InChI is InChI=1S/C59H40N6/c1-38-29-39(2)31-46(30-38)45-27-28-56-48(34-45)47-25-15-16-26-55(47)65(56)57-49(54-36-53(43-21-11-5-12-22-43)61-58(64-54)44-23-13-6-14-24-44)32-40(37-60)33-50(57)59-62-51(41-17-7-3-8-18-41)35-52(63-59)42-19-9-4-10-20-42/h3-36H,1-2H3. The maximum absolute atomic E-state index is 10.9. The molecule has 0 atom stereocenters. The average molecular weight is 833 g/mol. The summed E-state index contributed by atoms with van der Waals surface area (Å²) in [7, 11) is 0. The molecule has 0 aliphatic carbocycles. The van der Waals surface area contributed by atoms with Gasteiger partial charge in [0.1, 0.15) is 0 Å². The third-order valence-electron chi connectivity index (χ3n) is 11.9. The largest absolute Gasteiger partial charge is 0.308 e. The van der Waals surface area contributed by atoms with Crippen LogP contribution in [-0.2, 0) is 0 Å². The van der Waals surface area contributed by atoms with Gasteiger partial charge in [0.25, 0.3) is 0 Å². The second-order valence-electron chi connectivity index (χ2n) is 16.4. The van der Waals surface area contributed by atoms with E-state index >= 15 is 0 Å². The third-order valence-corrected chi connectivity index (χ3v) is 11.9. The number of hydrogen-bond donors (Lipinski definition) is 0. The number of fused-ring (bicyclic) bond motifs is 3. The van der Waals surface area contributed by atoms with Crippen LogP contribution in [0, 0.1) is 25.2 Å². The molecule has 0 aliphatic heterocycles. The van der Waals surface area contributed by atoms with Crippen molar-refractivity contribution in [2.45, 2.75) is 13.8 Å². The maximum atomic E-state index is 10.9. The number of nitrogens with zero attached hydrogens (tertiary/aromatic N) is 6. The zero-order valence-electron chi connectivity index (χ0n) is 35.8. The molecule has 0 aliphatic rings. The summed E-state index contributed by atoms with van der Waals surface area (Å²) < 4.78 is 2.31. The van der Waals surface area contributed by atoms with Gasteiger partial charge in [0.2, 0.25) is 0 Å². The van der Waals surface area contributed by atoms with Crippen molar-refractivity contribution < 1.29 is 0 Å². The molecule has 8 aromatic carbocycles. The lowest BCUT2D eigenvalue weighted by atomic mass is 9.97. The van der Waals surface area contributed by atoms with Crippen molar-refractivity contribution in [3.05, 3.63) is 223 Å². The smallest absolute Gasteiger partial charge is 0.162 e. The van der Waals surface area contributed by atoms with Crippen LogP contribution in [0.1, 0.15) is 16.7 Å². The Kier molecular flexibility index (Phi) is 9.91. The number of aromatic nitrogens is 5. The second-order valence-corrected chi connectivity index (χ2v) is 16.4. The monoisotopic (exact) mass is 832 g/mol. The molecule has 3 heterocycles. The van der Waals surface area contributed by atoms with Gasteiger partial charge in [-0.05, 0) is 67.4 Å². The number of nitriles is 1. The molecule has 0 bridgehead atoms. The zero-order chi connectivity index (χ0) is 43.9. The van der Waals surface area contributed by atoms with Gasteiger partial charge in [-0.1, -0.05) is 175 Å². The molecule has 3 aromatic heterocycles. The van der Waals surface area contributed by atoms with Crippen LogP contribution in [-0.4, -0.2) is 24.5 Å². The first-order chi connectivity index (χ1) is 32.0. The molecule has 0 spiro atoms. The van der Waals surface area contributed by atoms with Gasteiger partial charge >= 0.3 is 0 Å². The van der Waals surface area contributed by atoms with Gasteiger partial charge in [-0.2, -0.15) is 5.26 Å². The molecule has 6 nitrogen and oxygen atoms in total. The molecule has 0 N–H and O–H groups in total. The summed E-state index contributed by atoms with van der Waals surface area (Å²) in [6.45, 7) is 4.29. The Morgan fingerprint density at radius 1 is 0.369 bits per heavy atom. The Bertz CT molecular complexity index is 3330. The van der Waals surface area contributed by atoms with Gasteiger partial charge in [0, 0.05) is 44.2 Å². The first kappa shape index (κ1) is 39.1. The summed E-state index contributed by atoms with van der Waals surface area (Å²) in [5, 5.41) is 13.1. The molecule has 0 saturated carbocycles. The SMILES string of the molecule is Cc1cc(C)cc(-c2ccc3c(c2)c2ccccc2n3-c2c(-c3cc(-c4ccccc4)nc(-c4ccccc4)n3)cc(C#N)cc2-c2nc(-c3ccccc3)cc(-c3ccccc3)n2)c1. The highest BCUT2D eigenvalue weighted by Gasteiger charge is 2.25. The van der Waals surface area contributed by atoms with Crippen LogP contribution < -0.4 is 0 Å². The quantitative estimate of drug-likeness (QED) is 0.152. The predicted molar refractivity (Wildman–Crippen MR) is 264 cm³/mol. The van der Waals surface area contributed by atoms with Gasteiger partial charge < -0.3 is 4.57 Å². The van der Waals surface area contributed by atoms with Crippen LogP contribution in [0.15, 0.2) is 206 Å². The fourth-order valence-corrected chi connectivity index (χ4v) is 8.98. The number of hydrogen-bond acceptors (Lipinski definition) is 5. The lowest BCUT2D eigenvalue weighted by Gasteiger charge is -2.20. The highest BCUT2D eigenvalue weighted by molar-refractivity contribution is 6.11. The van der Waals surface area contributed by atoms with Crippen molar-refractivity contribution in [2.24, 2.45) is 0 Å². The number of aryl methyl sites for hydroxylation is 2. The third kappa shape index (κ3) is 7.41. The van der Waals surface area contributed by atoms with Crippen molar-refractivity contribution in [3.63, 3.8) is 0 Å². The van der Waals surface area contributed by atoms with E-state index in [0.717, 1.165) is 78.0 Å². The fraction of sp³-hybridized carbons (Fsp3) is 0.0339. The molecule has 0 amide bonds. The maximum Gasteiger partial charge on any atom is 0.162 e. The molecule has 0 fully saturated rings. The van der Waals surface area contributed by atoms with Crippen LogP contribution >= 0.6 is 0 Å². The molecule has 0 unspecified atom stereocenters. The van der Waals surface area contributed by atoms with Gasteiger partial charge in [-0.3, -0.25) is 0 Å². The molecule has 0 saturated heterocycles. The first-order valence-corrected chi connectivity index (χ1v) is 21.7. The second kappa shape index (κ2) is 16.5. The predicted octanol–water partition coefficient (Wildman–Crippen LogP) is 14.5. The Morgan fingerprint density at radius 3 is 1.43 bits per heavy atom. The molecule has 6 heteroatoms. The van der Waals surface area contributed by atoms with E-state index in [9.17, 15) is 5.26 Å². The van der Waals surface area contributed by atoms with Crippen molar-refractivity contribution in [2.75, 3.05) is 0 Å². The fourth-order valence-electron chi connectivity index (χ4n) is 8.98. The minimum atomic E-state index is 0.452. The summed E-state index contributed by atoms with van der Waals surface area (Å²) in [5.74, 6) is 1.06. The van der Waals surface area contributed by atoms with E-state index in [2.05, 4.69) is 122 Å². The van der Waals surface area contributed by atoms with Gasteiger partial charge in [0.05, 0.1) is 51.1 Å². The van der Waals surface area contributed by atoms with E-state index in [1.165, 1.54) is 16.7 Å². The van der Waals surface area contributed by atoms with E-state index in [-0.39, 0.29) is 0 Å². The van der Waals surface area contributed by atoms with E-state index in [1.54, 1.807) is 0 Å². The van der Waals surface area contributed by atoms with Crippen LogP contribution in [0.3, 0.4) is 0 Å². The summed E-state index contributed by atoms with van der Waals surface area (Å²) >= 11 is 0. The van der Waals surface area contributed by atoms with E-state index in [1.807, 2.05) is 109 Å². The van der Waals surface area contributed by atoms with Crippen molar-refractivity contribution in [1.29, 1.82) is 5.26 Å². The molecule has 306 valence electrons. The highest BCUT2D eigenvalue weighted by Crippen LogP contribution is 2.43. The topological polar surface area (TPSA) is 80.3 Å². The van der Waals surface area contributed by atoms with Crippen molar-refractivity contribution in [1.82, 2.24) is 24.5 Å². The van der Waals surface area contributed by atoms with Crippen LogP contribution in [0.2, 0.25) is 0 Å². The first-order valence-electron chi connectivity index (χ1n) is 21.7. The van der Waals surface area contributed by atoms with E-state index in [4.69, 9.17) is 19.9 Å². The Hall–Kier alpha value is -8.79. The zero-order valence-corrected chi connectivity index (χ0v) is 35.8. The van der Waals surface area contributed by atoms with Crippen molar-refractivity contribution >= 4 is 21.8 Å². The van der Waals surface area contributed by atoms with Gasteiger partial charge in [0.15, 0.2) is 11.6 Å². The Labute approximate surface area is 377 Å². The summed E-state index contributed by atoms with van der Waals surface area (Å²) in [6.07, 6.45) is 0. The number of rotatable bonds is 8. The number of para-hydroxylation sites is 1. The van der Waals surface area contributed by atoms with Crippen LogP contribution in [0.5, 0.6) is 0 Å². The minimum Gasteiger partial charge on any atom is -0.308 e. The number of benzene rings is 8. The molecule has 0 radical (unpaired) electrons. The van der Waals surface area contributed by atoms with Gasteiger partial charge in [-0.15, -0.1) is 0 Å². The molecule has 11 aromatic rings. The van der Waals surface area contributed by atoms with Crippen molar-refractivity contribution in [3.8, 4) is 90.7 Å². The normalized spacial score (nSPS) is 11.2. The van der Waals surface area contributed by atoms with Gasteiger partial charge in [-0.25, -0.2) is 19.9 Å². The summed E-state index contributed by atoms with van der Waals surface area (Å²) in [6, 6.07) is 73.0. The van der Waals surface area contributed by atoms with E-state index < -0.39 is 0 Å². The van der Waals surface area contributed by atoms with Crippen LogP contribution in [0.25, 0.3) is 106 Å². The van der Waals surface area contributed by atoms with E-state index in [0.29, 0.717) is 28.5 Å². The minimum absolute atomic E-state index is 0.452. The lowest BCUT2D eigenvalue weighted by Crippen LogP contribution is -2.06. The summed E-state index contributed by atoms with van der Waals surface area (Å²) in [5.41, 5.74) is 16.1. The lowest BCUT2D eigenvalue weighted by molar-refractivity contribution is 1.13. The Morgan fingerprint density at radius 2 is 0.846 bits per heavy atom. The Balaban J connectivity index is 1.28. The molecular formula is C59H40N6. The molecule has 11 rings (SSSR count). The highest BCUT2D eigenvalue weighted by atomic mass is 15.0. The van der Waals surface area contributed by atoms with Crippen LogP contribution in [0.4, 0.5) is 0 Å². The average Bonchev–Trinajstić information content (AvgIpc) is 3.69.